The molecule has 1 aliphatic carbocycles. The van der Waals surface area contributed by atoms with Gasteiger partial charge in [-0.15, -0.1) is 0 Å². The van der Waals surface area contributed by atoms with E-state index in [1.807, 2.05) is 0 Å². The highest BCUT2D eigenvalue weighted by atomic mass is 35.5. The summed E-state index contributed by atoms with van der Waals surface area (Å²) in [7, 11) is 0. The number of para-hydroxylation sites is 1. The molecule has 3 rings (SSSR count). The maximum Gasteiger partial charge on any atom is 0.322 e. The summed E-state index contributed by atoms with van der Waals surface area (Å²) in [5.41, 5.74) is 1.64. The van der Waals surface area contributed by atoms with E-state index in [9.17, 15) is 14.4 Å². The van der Waals surface area contributed by atoms with Gasteiger partial charge in [-0.2, -0.15) is 5.10 Å². The van der Waals surface area contributed by atoms with Gasteiger partial charge in [0.1, 0.15) is 11.3 Å². The van der Waals surface area contributed by atoms with Gasteiger partial charge in [-0.25, -0.2) is 4.79 Å². The summed E-state index contributed by atoms with van der Waals surface area (Å²) in [6.07, 6.45) is 2.63. The van der Waals surface area contributed by atoms with E-state index in [0.29, 0.717) is 10.7 Å². The fourth-order valence-electron chi connectivity index (χ4n) is 2.73. The molecule has 1 saturated carbocycles. The van der Waals surface area contributed by atoms with Crippen molar-refractivity contribution in [2.24, 2.45) is 11.0 Å². The molecule has 26 heavy (non-hydrogen) atoms. The highest BCUT2D eigenvalue weighted by Gasteiger charge is 2.56. The van der Waals surface area contributed by atoms with Crippen molar-refractivity contribution in [3.05, 3.63) is 29.3 Å². The van der Waals surface area contributed by atoms with Gasteiger partial charge < -0.3 is 10.6 Å². The van der Waals surface area contributed by atoms with Crippen LogP contribution in [0, 0.1) is 11.3 Å². The molecule has 9 nitrogen and oxygen atoms in total. The van der Waals surface area contributed by atoms with Gasteiger partial charge in [0.25, 0.3) is 11.8 Å². The van der Waals surface area contributed by atoms with E-state index in [0.717, 1.165) is 19.1 Å². The standard InChI is InChI=1S/C16H17ClN6O3/c17-10-3-1-2-4-12(10)23-20-7-11(18)13(24)19-8-16(9-5-6-9)14(25)21-15(26)22-16/h1-4,7,9,18,23H,5-6,8H2,(H,19,24)(H2,21,22,25,26)/b18-11?,20-7-/t16-/m0/s1. The summed E-state index contributed by atoms with van der Waals surface area (Å²) in [5, 5.41) is 19.3. The van der Waals surface area contributed by atoms with Gasteiger partial charge in [0.2, 0.25) is 0 Å². The fourth-order valence-corrected chi connectivity index (χ4v) is 2.91. The molecule has 0 bridgehead atoms. The summed E-state index contributed by atoms with van der Waals surface area (Å²) in [5.74, 6) is -1.17. The van der Waals surface area contributed by atoms with Crippen LogP contribution in [0.5, 0.6) is 0 Å². The van der Waals surface area contributed by atoms with Crippen LogP contribution in [0.1, 0.15) is 12.8 Å². The molecule has 1 aliphatic heterocycles. The number of nitrogens with one attached hydrogen (secondary N) is 5. The molecule has 4 amide bonds. The van der Waals surface area contributed by atoms with Crippen LogP contribution in [0.4, 0.5) is 10.5 Å². The molecule has 136 valence electrons. The number of carbonyl (C=O) groups is 3. The van der Waals surface area contributed by atoms with Crippen LogP contribution in [0.3, 0.4) is 0 Å². The van der Waals surface area contributed by atoms with Crippen molar-refractivity contribution in [3.8, 4) is 0 Å². The van der Waals surface area contributed by atoms with E-state index in [1.165, 1.54) is 0 Å². The predicted molar refractivity (Wildman–Crippen MR) is 96.4 cm³/mol. The SMILES string of the molecule is N=C(/C=N\Nc1ccccc1Cl)C(=O)NC[C@@]1(C2CC2)NC(=O)NC1=O. The summed E-state index contributed by atoms with van der Waals surface area (Å²) >= 11 is 5.96. The molecule has 0 radical (unpaired) electrons. The topological polar surface area (TPSA) is 136 Å². The van der Waals surface area contributed by atoms with Crippen molar-refractivity contribution in [2.75, 3.05) is 12.0 Å². The fraction of sp³-hybridized carbons (Fsp3) is 0.312. The smallest absolute Gasteiger partial charge is 0.322 e. The second-order valence-electron chi connectivity index (χ2n) is 6.10. The van der Waals surface area contributed by atoms with Crippen LogP contribution in [0.2, 0.25) is 5.02 Å². The van der Waals surface area contributed by atoms with Crippen LogP contribution in [0.25, 0.3) is 0 Å². The number of halogens is 1. The Kier molecular flexibility index (Phi) is 4.90. The van der Waals surface area contributed by atoms with E-state index in [4.69, 9.17) is 17.0 Å². The van der Waals surface area contributed by atoms with Crippen molar-refractivity contribution >= 4 is 47.1 Å². The molecule has 1 aromatic carbocycles. The van der Waals surface area contributed by atoms with E-state index in [-0.39, 0.29) is 12.5 Å². The van der Waals surface area contributed by atoms with Crippen LogP contribution < -0.4 is 21.4 Å². The molecule has 1 atom stereocenters. The van der Waals surface area contributed by atoms with Crippen molar-refractivity contribution in [1.29, 1.82) is 5.41 Å². The van der Waals surface area contributed by atoms with Gasteiger partial charge >= 0.3 is 6.03 Å². The molecule has 0 aromatic heterocycles. The second-order valence-corrected chi connectivity index (χ2v) is 6.51. The lowest BCUT2D eigenvalue weighted by atomic mass is 9.93. The monoisotopic (exact) mass is 376 g/mol. The lowest BCUT2D eigenvalue weighted by Crippen LogP contribution is -2.57. The summed E-state index contributed by atoms with van der Waals surface area (Å²) in [6, 6.07) is 6.33. The third-order valence-corrected chi connectivity index (χ3v) is 4.60. The lowest BCUT2D eigenvalue weighted by Gasteiger charge is -2.25. The second kappa shape index (κ2) is 7.12. The van der Waals surface area contributed by atoms with Gasteiger partial charge in [-0.05, 0) is 30.9 Å². The highest BCUT2D eigenvalue weighted by Crippen LogP contribution is 2.40. The van der Waals surface area contributed by atoms with Crippen molar-refractivity contribution in [3.63, 3.8) is 0 Å². The molecule has 1 aromatic rings. The molecule has 10 heteroatoms. The van der Waals surface area contributed by atoms with Crippen LogP contribution in [0.15, 0.2) is 29.4 Å². The van der Waals surface area contributed by atoms with Gasteiger partial charge in [0.15, 0.2) is 0 Å². The van der Waals surface area contributed by atoms with Gasteiger partial charge in [0, 0.05) is 0 Å². The number of hydrazone groups is 1. The number of amides is 4. The Labute approximate surface area is 154 Å². The number of nitrogens with zero attached hydrogens (tertiary/aromatic N) is 1. The van der Waals surface area contributed by atoms with Crippen molar-refractivity contribution < 1.29 is 14.4 Å². The number of anilines is 1. The summed E-state index contributed by atoms with van der Waals surface area (Å²) < 4.78 is 0. The Morgan fingerprint density at radius 1 is 1.38 bits per heavy atom. The number of carbonyl (C=O) groups excluding carboxylic acids is 3. The van der Waals surface area contributed by atoms with Crippen LogP contribution >= 0.6 is 11.6 Å². The molecule has 2 fully saturated rings. The van der Waals surface area contributed by atoms with Crippen molar-refractivity contribution in [2.45, 2.75) is 18.4 Å². The number of rotatable bonds is 7. The quantitative estimate of drug-likeness (QED) is 0.274. The molecule has 0 unspecified atom stereocenters. The van der Waals surface area contributed by atoms with Crippen LogP contribution in [-0.4, -0.2) is 41.9 Å². The minimum absolute atomic E-state index is 0.0148. The number of hydrogen-bond donors (Lipinski definition) is 5. The number of hydrogen-bond acceptors (Lipinski definition) is 6. The van der Waals surface area contributed by atoms with E-state index >= 15 is 0 Å². The molecular weight excluding hydrogens is 360 g/mol. The zero-order chi connectivity index (χ0) is 18.7. The molecule has 1 saturated heterocycles. The zero-order valence-electron chi connectivity index (χ0n) is 13.6. The predicted octanol–water partition coefficient (Wildman–Crippen LogP) is 0.862. The number of benzene rings is 1. The Bertz CT molecular complexity index is 807. The molecule has 1 heterocycles. The normalized spacial score (nSPS) is 22.0. The number of imide groups is 1. The van der Waals surface area contributed by atoms with Gasteiger partial charge in [-0.1, -0.05) is 23.7 Å². The maximum atomic E-state index is 12.1. The minimum atomic E-state index is -1.14. The first kappa shape index (κ1) is 17.9. The molecule has 2 aliphatic rings. The largest absolute Gasteiger partial charge is 0.348 e. The van der Waals surface area contributed by atoms with Crippen molar-refractivity contribution in [1.82, 2.24) is 16.0 Å². The summed E-state index contributed by atoms with van der Waals surface area (Å²) in [6.45, 7) is -0.0811. The average Bonchev–Trinajstić information content (AvgIpc) is 3.41. The first-order valence-corrected chi connectivity index (χ1v) is 8.34. The van der Waals surface area contributed by atoms with E-state index < -0.39 is 29.1 Å². The first-order valence-electron chi connectivity index (χ1n) is 7.96. The zero-order valence-corrected chi connectivity index (χ0v) is 14.4. The summed E-state index contributed by atoms with van der Waals surface area (Å²) in [4.78, 5) is 35.6. The Hall–Kier alpha value is -2.94. The Morgan fingerprint density at radius 2 is 2.12 bits per heavy atom. The first-order chi connectivity index (χ1) is 12.4. The van der Waals surface area contributed by atoms with Crippen LogP contribution in [-0.2, 0) is 9.59 Å². The lowest BCUT2D eigenvalue weighted by molar-refractivity contribution is -0.125. The molecule has 5 N–H and O–H groups in total. The molecular formula is C16H17ClN6O3. The average molecular weight is 377 g/mol. The van der Waals surface area contributed by atoms with E-state index in [1.54, 1.807) is 24.3 Å². The highest BCUT2D eigenvalue weighted by molar-refractivity contribution is 6.59. The Balaban J connectivity index is 1.55. The third kappa shape index (κ3) is 3.67. The maximum absolute atomic E-state index is 12.1. The number of urea groups is 1. The molecule has 0 spiro atoms. The third-order valence-electron chi connectivity index (χ3n) is 4.27. The van der Waals surface area contributed by atoms with Gasteiger partial charge in [0.05, 0.1) is 23.5 Å². The minimum Gasteiger partial charge on any atom is -0.348 e. The Morgan fingerprint density at radius 3 is 2.73 bits per heavy atom. The van der Waals surface area contributed by atoms with Gasteiger partial charge in [-0.3, -0.25) is 25.7 Å². The van der Waals surface area contributed by atoms with E-state index in [2.05, 4.69) is 26.5 Å².